The van der Waals surface area contributed by atoms with Crippen molar-refractivity contribution < 1.29 is 28.2 Å². The lowest BCUT2D eigenvalue weighted by atomic mass is 9.96. The number of halogens is 2. The largest absolute Gasteiger partial charge is 0.473 e. The summed E-state index contributed by atoms with van der Waals surface area (Å²) >= 11 is 0. The van der Waals surface area contributed by atoms with E-state index in [2.05, 4.69) is 15.7 Å². The number of amides is 2. The van der Waals surface area contributed by atoms with Crippen molar-refractivity contribution in [2.24, 2.45) is 0 Å². The lowest BCUT2D eigenvalue weighted by Crippen LogP contribution is -2.53. The number of nitrogens with one attached hydrogen (secondary N) is 2. The first-order valence-electron chi connectivity index (χ1n) is 12.0. The van der Waals surface area contributed by atoms with Gasteiger partial charge in [0.1, 0.15) is 18.2 Å². The molecule has 0 aliphatic carbocycles. The van der Waals surface area contributed by atoms with E-state index in [9.17, 15) is 23.5 Å². The van der Waals surface area contributed by atoms with E-state index in [4.69, 9.17) is 4.74 Å². The van der Waals surface area contributed by atoms with Crippen molar-refractivity contribution in [2.75, 3.05) is 6.54 Å². The lowest BCUT2D eigenvalue weighted by molar-refractivity contribution is 0.0937. The Morgan fingerprint density at radius 3 is 2.47 bits per heavy atom. The highest BCUT2D eigenvalue weighted by molar-refractivity contribution is 6.02. The monoisotopic (exact) mass is 502 g/mol. The molecule has 1 aromatic carbocycles. The van der Waals surface area contributed by atoms with E-state index in [0.717, 1.165) is 30.5 Å². The second-order valence-corrected chi connectivity index (χ2v) is 9.15. The zero-order chi connectivity index (χ0) is 26.5. The van der Waals surface area contributed by atoms with Gasteiger partial charge in [-0.3, -0.25) is 4.79 Å². The van der Waals surface area contributed by atoms with Crippen LogP contribution in [0.5, 0.6) is 5.88 Å². The summed E-state index contributed by atoms with van der Waals surface area (Å²) in [5, 5.41) is 19.1. The van der Waals surface area contributed by atoms with E-state index >= 15 is 0 Å². The van der Waals surface area contributed by atoms with Crippen LogP contribution in [0.4, 0.5) is 13.6 Å². The van der Waals surface area contributed by atoms with Crippen molar-refractivity contribution in [1.29, 1.82) is 0 Å². The summed E-state index contributed by atoms with van der Waals surface area (Å²) in [6, 6.07) is 7.08. The zero-order valence-corrected chi connectivity index (χ0v) is 21.0. The number of carbonyl (C=O) groups is 2. The minimum atomic E-state index is -1.16. The highest BCUT2D eigenvalue weighted by Gasteiger charge is 2.28. The molecule has 3 N–H and O–H groups in total. The van der Waals surface area contributed by atoms with Crippen molar-refractivity contribution in [3.63, 3.8) is 0 Å². The Kier molecular flexibility index (Phi) is 8.49. The van der Waals surface area contributed by atoms with Crippen molar-refractivity contribution in [3.8, 4) is 5.88 Å². The standard InChI is InChI=1S/C26H32F2N4O4/c1-5-8-20-23(24(33)29-15-26(4,11-6-2)30-25(34)35)21-12-16(3)13-22(32(21)31-20)36-14-17-18(27)9-7-10-19(17)28/h7,9-10,12-13,30H,5-6,8,11,14-15H2,1-4H3,(H,29,33)(H,34,35). The van der Waals surface area contributed by atoms with Crippen LogP contribution in [0.3, 0.4) is 0 Å². The molecule has 8 nitrogen and oxygen atoms in total. The van der Waals surface area contributed by atoms with E-state index in [1.54, 1.807) is 19.1 Å². The van der Waals surface area contributed by atoms with Crippen LogP contribution >= 0.6 is 0 Å². The van der Waals surface area contributed by atoms with Gasteiger partial charge < -0.3 is 20.5 Å². The second-order valence-electron chi connectivity index (χ2n) is 9.15. The van der Waals surface area contributed by atoms with Gasteiger partial charge in [-0.05, 0) is 50.5 Å². The third-order valence-electron chi connectivity index (χ3n) is 5.91. The normalized spacial score (nSPS) is 12.8. The molecule has 0 saturated heterocycles. The summed E-state index contributed by atoms with van der Waals surface area (Å²) in [5.74, 6) is -1.57. The van der Waals surface area contributed by atoms with Gasteiger partial charge in [-0.15, -0.1) is 0 Å². The molecular formula is C26H32F2N4O4. The molecule has 0 fully saturated rings. The fourth-order valence-electron chi connectivity index (χ4n) is 4.24. The minimum Gasteiger partial charge on any atom is -0.473 e. The smallest absolute Gasteiger partial charge is 0.405 e. The number of benzene rings is 1. The topological polar surface area (TPSA) is 105 Å². The number of aryl methyl sites for hydroxylation is 2. The fraction of sp³-hybridized carbons (Fsp3) is 0.423. The van der Waals surface area contributed by atoms with Gasteiger partial charge in [0.2, 0.25) is 5.88 Å². The van der Waals surface area contributed by atoms with Crippen LogP contribution in [-0.2, 0) is 13.0 Å². The van der Waals surface area contributed by atoms with Crippen LogP contribution in [0.1, 0.15) is 67.2 Å². The second kappa shape index (κ2) is 11.4. The molecule has 0 spiro atoms. The molecule has 2 amide bonds. The van der Waals surface area contributed by atoms with Gasteiger partial charge >= 0.3 is 6.09 Å². The minimum absolute atomic E-state index is 0.0939. The predicted octanol–water partition coefficient (Wildman–Crippen LogP) is 5.01. The Morgan fingerprint density at radius 1 is 1.17 bits per heavy atom. The average Bonchev–Trinajstić information content (AvgIpc) is 3.15. The van der Waals surface area contributed by atoms with Crippen molar-refractivity contribution >= 4 is 17.5 Å². The first-order valence-corrected chi connectivity index (χ1v) is 12.0. The molecule has 3 rings (SSSR count). The Bertz CT molecular complexity index is 1240. The molecular weight excluding hydrogens is 470 g/mol. The third kappa shape index (κ3) is 6.10. The van der Waals surface area contributed by atoms with Crippen LogP contribution < -0.4 is 15.4 Å². The van der Waals surface area contributed by atoms with E-state index < -0.39 is 23.3 Å². The van der Waals surface area contributed by atoms with E-state index in [-0.39, 0.29) is 30.5 Å². The SMILES string of the molecule is CCCc1nn2c(OCc3c(F)cccc3F)cc(C)cc2c1C(=O)NCC(C)(CCC)NC(=O)O. The maximum absolute atomic E-state index is 14.1. The highest BCUT2D eigenvalue weighted by Crippen LogP contribution is 2.26. The molecule has 2 heterocycles. The van der Waals surface area contributed by atoms with Gasteiger partial charge in [0.15, 0.2) is 0 Å². The van der Waals surface area contributed by atoms with Gasteiger partial charge in [0, 0.05) is 12.6 Å². The van der Waals surface area contributed by atoms with Gasteiger partial charge in [0.05, 0.1) is 27.9 Å². The summed E-state index contributed by atoms with van der Waals surface area (Å²) in [5.41, 5.74) is 1.13. The molecule has 10 heteroatoms. The van der Waals surface area contributed by atoms with Gasteiger partial charge in [-0.2, -0.15) is 9.61 Å². The summed E-state index contributed by atoms with van der Waals surface area (Å²) in [6.45, 7) is 7.20. The number of hydrogen-bond donors (Lipinski definition) is 3. The fourth-order valence-corrected chi connectivity index (χ4v) is 4.24. The van der Waals surface area contributed by atoms with Crippen LogP contribution in [0, 0.1) is 18.6 Å². The summed E-state index contributed by atoms with van der Waals surface area (Å²) < 4.78 is 35.4. The van der Waals surface area contributed by atoms with E-state index in [0.29, 0.717) is 29.6 Å². The first-order chi connectivity index (χ1) is 17.1. The molecule has 1 unspecified atom stereocenters. The number of nitrogens with zero attached hydrogens (tertiary/aromatic N) is 2. The number of pyridine rings is 1. The maximum Gasteiger partial charge on any atom is 0.405 e. The molecule has 0 bridgehead atoms. The average molecular weight is 503 g/mol. The Morgan fingerprint density at radius 2 is 1.86 bits per heavy atom. The molecule has 2 aromatic heterocycles. The Labute approximate surface area is 208 Å². The quantitative estimate of drug-likeness (QED) is 0.342. The summed E-state index contributed by atoms with van der Waals surface area (Å²) in [7, 11) is 0. The van der Waals surface area contributed by atoms with Crippen molar-refractivity contribution in [1.82, 2.24) is 20.2 Å². The highest BCUT2D eigenvalue weighted by atomic mass is 19.1. The number of hydrogen-bond acceptors (Lipinski definition) is 4. The van der Waals surface area contributed by atoms with E-state index in [1.807, 2.05) is 20.8 Å². The van der Waals surface area contributed by atoms with Crippen LogP contribution in [0.2, 0.25) is 0 Å². The molecule has 0 aliphatic rings. The molecule has 0 saturated carbocycles. The Hall–Kier alpha value is -3.69. The summed E-state index contributed by atoms with van der Waals surface area (Å²) in [6.07, 6.45) is 1.36. The number of ether oxygens (including phenoxy) is 1. The number of rotatable bonds is 11. The number of carbonyl (C=O) groups excluding carboxylic acids is 1. The van der Waals surface area contributed by atoms with Crippen LogP contribution in [0.15, 0.2) is 30.3 Å². The van der Waals surface area contributed by atoms with E-state index in [1.165, 1.54) is 10.6 Å². The zero-order valence-electron chi connectivity index (χ0n) is 21.0. The third-order valence-corrected chi connectivity index (χ3v) is 5.91. The predicted molar refractivity (Wildman–Crippen MR) is 131 cm³/mol. The van der Waals surface area contributed by atoms with Gasteiger partial charge in [-0.25, -0.2) is 13.6 Å². The number of aromatic nitrogens is 2. The molecule has 1 atom stereocenters. The number of fused-ring (bicyclic) bond motifs is 1. The molecule has 3 aromatic rings. The summed E-state index contributed by atoms with van der Waals surface area (Å²) in [4.78, 5) is 24.6. The first kappa shape index (κ1) is 26.9. The molecule has 36 heavy (non-hydrogen) atoms. The van der Waals surface area contributed by atoms with Crippen molar-refractivity contribution in [2.45, 2.75) is 65.5 Å². The van der Waals surface area contributed by atoms with Crippen molar-refractivity contribution in [3.05, 3.63) is 64.4 Å². The van der Waals surface area contributed by atoms with Crippen LogP contribution in [-0.4, -0.2) is 38.8 Å². The Balaban J connectivity index is 1.95. The molecule has 194 valence electrons. The van der Waals surface area contributed by atoms with Crippen LogP contribution in [0.25, 0.3) is 5.52 Å². The molecule has 0 aliphatic heterocycles. The van der Waals surface area contributed by atoms with Gasteiger partial charge in [-0.1, -0.05) is 32.8 Å². The van der Waals surface area contributed by atoms with Gasteiger partial charge in [0.25, 0.3) is 5.91 Å². The molecule has 0 radical (unpaired) electrons. The number of carboxylic acid groups (broad SMARTS) is 1. The maximum atomic E-state index is 14.1. The lowest BCUT2D eigenvalue weighted by Gasteiger charge is -2.29.